The molecule has 6 aromatic carbocycles. The summed E-state index contributed by atoms with van der Waals surface area (Å²) in [6, 6.07) is 45.6. The van der Waals surface area contributed by atoms with E-state index in [-0.39, 0.29) is 5.92 Å². The minimum absolute atomic E-state index is 0.00919. The second-order valence-electron chi connectivity index (χ2n) is 12.3. The first-order valence-electron chi connectivity index (χ1n) is 16.2. The van der Waals surface area contributed by atoms with Gasteiger partial charge in [-0.2, -0.15) is 0 Å². The minimum atomic E-state index is 0.00919. The number of benzene rings is 6. The van der Waals surface area contributed by atoms with Crippen LogP contribution in [0.4, 0.5) is 0 Å². The number of fused-ring (bicyclic) bond motifs is 7. The Morgan fingerprint density at radius 1 is 0.500 bits per heavy atom. The lowest BCUT2D eigenvalue weighted by atomic mass is 9.89. The predicted molar refractivity (Wildman–Crippen MR) is 193 cm³/mol. The molecule has 1 unspecified atom stereocenters. The van der Waals surface area contributed by atoms with Gasteiger partial charge in [-0.1, -0.05) is 115 Å². The zero-order valence-corrected chi connectivity index (χ0v) is 25.8. The van der Waals surface area contributed by atoms with Crippen molar-refractivity contribution in [3.63, 3.8) is 0 Å². The van der Waals surface area contributed by atoms with Gasteiger partial charge in [0.1, 0.15) is 28.2 Å². The Hall–Kier alpha value is -6.33. The second-order valence-corrected chi connectivity index (χ2v) is 12.3. The predicted octanol–water partition coefficient (Wildman–Crippen LogP) is 11.0. The summed E-state index contributed by atoms with van der Waals surface area (Å²) in [4.78, 5) is 15.5. The van der Waals surface area contributed by atoms with E-state index in [1.807, 2.05) is 60.7 Å². The summed E-state index contributed by atoms with van der Waals surface area (Å²) in [6.45, 7) is 0. The van der Waals surface area contributed by atoms with Gasteiger partial charge in [0, 0.05) is 38.6 Å². The number of para-hydroxylation sites is 2. The van der Waals surface area contributed by atoms with Crippen LogP contribution in [0.2, 0.25) is 0 Å². The van der Waals surface area contributed by atoms with Crippen molar-refractivity contribution in [2.75, 3.05) is 0 Å². The van der Waals surface area contributed by atoms with E-state index in [1.165, 1.54) is 11.1 Å². The molecule has 5 heteroatoms. The highest BCUT2D eigenvalue weighted by Crippen LogP contribution is 2.43. The Balaban J connectivity index is 1.25. The van der Waals surface area contributed by atoms with Crippen LogP contribution < -0.4 is 0 Å². The van der Waals surface area contributed by atoms with Crippen LogP contribution >= 0.6 is 0 Å². The molecule has 48 heavy (non-hydrogen) atoms. The number of aromatic nitrogens is 3. The van der Waals surface area contributed by atoms with Crippen molar-refractivity contribution in [3.05, 3.63) is 156 Å². The van der Waals surface area contributed by atoms with E-state index in [9.17, 15) is 0 Å². The third-order valence-electron chi connectivity index (χ3n) is 9.45. The van der Waals surface area contributed by atoms with Crippen molar-refractivity contribution in [2.45, 2.75) is 12.3 Å². The number of allylic oxidation sites excluding steroid dienone is 1. The second kappa shape index (κ2) is 10.6. The van der Waals surface area contributed by atoms with Crippen molar-refractivity contribution in [3.8, 4) is 33.9 Å². The quantitative estimate of drug-likeness (QED) is 0.197. The molecule has 5 nitrogen and oxygen atoms in total. The average molecular weight is 618 g/mol. The zero-order chi connectivity index (χ0) is 31.6. The summed E-state index contributed by atoms with van der Waals surface area (Å²) < 4.78 is 12.8. The van der Waals surface area contributed by atoms with Gasteiger partial charge in [0.15, 0.2) is 11.6 Å². The van der Waals surface area contributed by atoms with E-state index < -0.39 is 0 Å². The molecule has 10 rings (SSSR count). The van der Waals surface area contributed by atoms with Crippen LogP contribution in [0.15, 0.2) is 148 Å². The molecular weight excluding hydrogens is 590 g/mol. The molecule has 226 valence electrons. The molecule has 1 aliphatic rings. The molecule has 0 spiro atoms. The van der Waals surface area contributed by atoms with Crippen molar-refractivity contribution >= 4 is 50.0 Å². The van der Waals surface area contributed by atoms with Gasteiger partial charge in [-0.15, -0.1) is 0 Å². The maximum atomic E-state index is 6.55. The van der Waals surface area contributed by atoms with E-state index in [0.717, 1.165) is 78.4 Å². The summed E-state index contributed by atoms with van der Waals surface area (Å²) >= 11 is 0. The highest BCUT2D eigenvalue weighted by Gasteiger charge is 2.24. The van der Waals surface area contributed by atoms with Crippen LogP contribution in [0.5, 0.6) is 0 Å². The van der Waals surface area contributed by atoms with Gasteiger partial charge >= 0.3 is 0 Å². The van der Waals surface area contributed by atoms with Crippen LogP contribution in [0, 0.1) is 0 Å². The molecule has 0 bridgehead atoms. The molecule has 9 aromatic rings. The fourth-order valence-corrected chi connectivity index (χ4v) is 7.18. The summed E-state index contributed by atoms with van der Waals surface area (Å²) in [5.74, 6) is 2.03. The molecule has 0 saturated carbocycles. The Bertz CT molecular complexity index is 2720. The Morgan fingerprint density at radius 2 is 1.17 bits per heavy atom. The standard InChI is InChI=1S/C43H27N3O2/c1-2-12-27(13-3-1)41-44-42(29-22-21-26-11-4-5-14-28(26)23-29)46-43(45-41)34-24-30(25-38-40(34)33-16-7-9-19-36(33)48-38)31-17-10-20-37-39(31)32-15-6-8-18-35(32)47-37/h1-22,24-25,29H,23H2. The molecule has 0 saturated heterocycles. The zero-order valence-electron chi connectivity index (χ0n) is 25.8. The van der Waals surface area contributed by atoms with E-state index in [1.54, 1.807) is 0 Å². The third-order valence-corrected chi connectivity index (χ3v) is 9.45. The number of furan rings is 2. The molecule has 1 atom stereocenters. The van der Waals surface area contributed by atoms with Crippen LogP contribution in [-0.4, -0.2) is 15.0 Å². The molecule has 1 aliphatic carbocycles. The fourth-order valence-electron chi connectivity index (χ4n) is 7.18. The molecule has 0 aliphatic heterocycles. The monoisotopic (exact) mass is 617 g/mol. The summed E-state index contributed by atoms with van der Waals surface area (Å²) in [7, 11) is 0. The molecule has 0 amide bonds. The maximum absolute atomic E-state index is 6.55. The highest BCUT2D eigenvalue weighted by atomic mass is 16.3. The lowest BCUT2D eigenvalue weighted by Gasteiger charge is -2.19. The molecule has 0 fully saturated rings. The summed E-state index contributed by atoms with van der Waals surface area (Å²) in [5, 5.41) is 4.16. The van der Waals surface area contributed by atoms with Gasteiger partial charge < -0.3 is 8.83 Å². The molecule has 3 heterocycles. The average Bonchev–Trinajstić information content (AvgIpc) is 3.73. The molecule has 0 N–H and O–H groups in total. The first-order valence-corrected chi connectivity index (χ1v) is 16.2. The maximum Gasteiger partial charge on any atom is 0.164 e. The number of rotatable bonds is 4. The normalized spacial score (nSPS) is 14.3. The summed E-state index contributed by atoms with van der Waals surface area (Å²) in [6.07, 6.45) is 5.23. The lowest BCUT2D eigenvalue weighted by Crippen LogP contribution is -2.12. The van der Waals surface area contributed by atoms with Crippen LogP contribution in [-0.2, 0) is 6.42 Å². The Kier molecular flexibility index (Phi) is 5.93. The lowest BCUT2D eigenvalue weighted by molar-refractivity contribution is 0.668. The van der Waals surface area contributed by atoms with Gasteiger partial charge in [0.25, 0.3) is 0 Å². The number of hydrogen-bond acceptors (Lipinski definition) is 5. The van der Waals surface area contributed by atoms with E-state index in [2.05, 4.69) is 84.9 Å². The highest BCUT2D eigenvalue weighted by molar-refractivity contribution is 6.16. The van der Waals surface area contributed by atoms with Gasteiger partial charge in [-0.3, -0.25) is 0 Å². The Morgan fingerprint density at radius 3 is 2.00 bits per heavy atom. The third kappa shape index (κ3) is 4.28. The smallest absolute Gasteiger partial charge is 0.164 e. The van der Waals surface area contributed by atoms with Crippen LogP contribution in [0.3, 0.4) is 0 Å². The SMILES string of the molecule is C1=CC(c2nc(-c3ccccc3)nc(-c3cc(-c4cccc5oc6ccccc6c45)cc4oc5ccccc5c34)n2)Cc2ccccc21. The first kappa shape index (κ1) is 26.8. The largest absolute Gasteiger partial charge is 0.456 e. The molecular formula is C43H27N3O2. The van der Waals surface area contributed by atoms with Crippen molar-refractivity contribution in [1.82, 2.24) is 15.0 Å². The molecule has 0 radical (unpaired) electrons. The van der Waals surface area contributed by atoms with Crippen LogP contribution in [0.25, 0.3) is 83.9 Å². The van der Waals surface area contributed by atoms with Crippen molar-refractivity contribution in [1.29, 1.82) is 0 Å². The van der Waals surface area contributed by atoms with E-state index >= 15 is 0 Å². The first-order chi connectivity index (χ1) is 23.8. The van der Waals surface area contributed by atoms with Crippen molar-refractivity contribution in [2.24, 2.45) is 0 Å². The number of nitrogens with zero attached hydrogens (tertiary/aromatic N) is 3. The van der Waals surface area contributed by atoms with Crippen molar-refractivity contribution < 1.29 is 8.83 Å². The Labute approximate surface area is 275 Å². The minimum Gasteiger partial charge on any atom is -0.456 e. The summed E-state index contributed by atoms with van der Waals surface area (Å²) in [5.41, 5.74) is 9.75. The fraction of sp³-hybridized carbons (Fsp3) is 0.0465. The topological polar surface area (TPSA) is 65.0 Å². The van der Waals surface area contributed by atoms with E-state index in [4.69, 9.17) is 23.8 Å². The van der Waals surface area contributed by atoms with Gasteiger partial charge in [-0.25, -0.2) is 15.0 Å². The van der Waals surface area contributed by atoms with E-state index in [0.29, 0.717) is 11.6 Å². The molecule has 3 aromatic heterocycles. The van der Waals surface area contributed by atoms with Gasteiger partial charge in [0.05, 0.1) is 0 Å². The number of hydrogen-bond donors (Lipinski definition) is 0. The van der Waals surface area contributed by atoms with Crippen LogP contribution in [0.1, 0.15) is 22.9 Å². The van der Waals surface area contributed by atoms with Gasteiger partial charge in [-0.05, 0) is 59.0 Å². The van der Waals surface area contributed by atoms with Gasteiger partial charge in [0.2, 0.25) is 0 Å².